The zero-order valence-corrected chi connectivity index (χ0v) is 23.5. The molecule has 0 aliphatic carbocycles. The molecule has 6 nitrogen and oxygen atoms in total. The van der Waals surface area contributed by atoms with Gasteiger partial charge in [0, 0.05) is 22.2 Å². The van der Waals surface area contributed by atoms with Crippen LogP contribution in [0.25, 0.3) is 11.1 Å². The van der Waals surface area contributed by atoms with Gasteiger partial charge in [-0.3, -0.25) is 4.79 Å². The van der Waals surface area contributed by atoms with E-state index in [2.05, 4.69) is 0 Å². The molecule has 3 aromatic carbocycles. The van der Waals surface area contributed by atoms with Gasteiger partial charge in [-0.2, -0.15) is 4.31 Å². The molecule has 0 heterocycles. The van der Waals surface area contributed by atoms with Gasteiger partial charge in [-0.1, -0.05) is 79.5 Å². The highest BCUT2D eigenvalue weighted by atomic mass is 35.5. The summed E-state index contributed by atoms with van der Waals surface area (Å²) in [6, 6.07) is 17.7. The summed E-state index contributed by atoms with van der Waals surface area (Å²) in [7, 11) is -4.21. The van der Waals surface area contributed by atoms with E-state index in [0.717, 1.165) is 21.2 Å². The lowest BCUT2D eigenvalue weighted by atomic mass is 9.99. The molecular weight excluding hydrogens is 533 g/mol. The zero-order valence-electron chi connectivity index (χ0n) is 21.2. The smallest absolute Gasteiger partial charge is 0.322 e. The molecule has 0 aromatic heterocycles. The molecule has 198 valence electrons. The largest absolute Gasteiger partial charge is 0.490 e. The summed E-state index contributed by atoms with van der Waals surface area (Å²) < 4.78 is 34.2. The third-order valence-corrected chi connectivity index (χ3v) is 7.85. The molecule has 0 saturated carbocycles. The number of nitrogens with zero attached hydrogens (tertiary/aromatic N) is 1. The monoisotopic (exact) mass is 563 g/mol. The lowest BCUT2D eigenvalue weighted by Gasteiger charge is -2.30. The first-order chi connectivity index (χ1) is 17.4. The third kappa shape index (κ3) is 7.48. The fourth-order valence-corrected chi connectivity index (χ4v) is 6.46. The Bertz CT molecular complexity index is 1320. The van der Waals surface area contributed by atoms with E-state index in [9.17, 15) is 18.3 Å². The molecule has 3 rings (SSSR count). The van der Waals surface area contributed by atoms with Crippen molar-refractivity contribution in [3.05, 3.63) is 82.3 Å². The molecule has 9 heteroatoms. The summed E-state index contributed by atoms with van der Waals surface area (Å²) in [6.07, 6.45) is 0.0000153. The molecule has 0 spiro atoms. The van der Waals surface area contributed by atoms with Crippen molar-refractivity contribution < 1.29 is 23.1 Å². The van der Waals surface area contributed by atoms with Gasteiger partial charge >= 0.3 is 5.97 Å². The first-order valence-electron chi connectivity index (χ1n) is 11.9. The second-order valence-corrected chi connectivity index (χ2v) is 12.3. The van der Waals surface area contributed by atoms with Gasteiger partial charge < -0.3 is 9.84 Å². The summed E-state index contributed by atoms with van der Waals surface area (Å²) in [6.45, 7) is 7.59. The van der Waals surface area contributed by atoms with Crippen LogP contribution >= 0.6 is 23.2 Å². The number of halogens is 2. The number of carbonyl (C=O) groups is 1. The van der Waals surface area contributed by atoms with Crippen LogP contribution in [0.1, 0.15) is 33.3 Å². The Labute approximate surface area is 228 Å². The Morgan fingerprint density at radius 2 is 1.54 bits per heavy atom. The van der Waals surface area contributed by atoms with E-state index < -0.39 is 22.0 Å². The van der Waals surface area contributed by atoms with Crippen molar-refractivity contribution in [2.45, 2.75) is 51.2 Å². The number of ether oxygens (including phenoxy) is 1. The predicted molar refractivity (Wildman–Crippen MR) is 148 cm³/mol. The molecule has 0 saturated heterocycles. The quantitative estimate of drug-likeness (QED) is 0.277. The van der Waals surface area contributed by atoms with Crippen LogP contribution in [0, 0.1) is 5.92 Å². The highest BCUT2D eigenvalue weighted by Gasteiger charge is 2.36. The van der Waals surface area contributed by atoms with E-state index >= 15 is 0 Å². The van der Waals surface area contributed by atoms with E-state index in [1.807, 2.05) is 76.2 Å². The van der Waals surface area contributed by atoms with Crippen LogP contribution in [0.4, 0.5) is 0 Å². The molecular formula is C28H31Cl2NO5S. The van der Waals surface area contributed by atoms with E-state index in [1.165, 1.54) is 18.2 Å². The number of rotatable bonds is 11. The fraction of sp³-hybridized carbons (Fsp3) is 0.321. The minimum atomic E-state index is -4.21. The first-order valence-corrected chi connectivity index (χ1v) is 14.1. The summed E-state index contributed by atoms with van der Waals surface area (Å²) >= 11 is 12.1. The summed E-state index contributed by atoms with van der Waals surface area (Å²) in [5, 5.41) is 10.4. The van der Waals surface area contributed by atoms with Gasteiger partial charge in [-0.05, 0) is 61.6 Å². The van der Waals surface area contributed by atoms with Crippen molar-refractivity contribution in [1.82, 2.24) is 4.31 Å². The first kappa shape index (κ1) is 29.0. The molecule has 1 unspecified atom stereocenters. The van der Waals surface area contributed by atoms with Gasteiger partial charge in [0.2, 0.25) is 10.0 Å². The molecule has 37 heavy (non-hydrogen) atoms. The Balaban J connectivity index is 1.95. The number of hydrogen-bond acceptors (Lipinski definition) is 4. The Hall–Kier alpha value is -2.58. The van der Waals surface area contributed by atoms with Crippen LogP contribution in [0.15, 0.2) is 71.6 Å². The summed E-state index contributed by atoms with van der Waals surface area (Å²) in [5.74, 6) is -0.605. The number of carboxylic acid groups (broad SMARTS) is 1. The molecule has 1 N–H and O–H groups in total. The lowest BCUT2D eigenvalue weighted by Crippen LogP contribution is -2.47. The second kappa shape index (κ2) is 12.3. The van der Waals surface area contributed by atoms with Crippen LogP contribution in [-0.4, -0.2) is 42.5 Å². The lowest BCUT2D eigenvalue weighted by molar-refractivity contribution is -0.141. The molecule has 0 amide bonds. The van der Waals surface area contributed by atoms with Crippen LogP contribution in [0.3, 0.4) is 0 Å². The number of benzene rings is 3. The van der Waals surface area contributed by atoms with Crippen LogP contribution in [-0.2, 0) is 21.2 Å². The topological polar surface area (TPSA) is 83.9 Å². The van der Waals surface area contributed by atoms with Gasteiger partial charge in [0.25, 0.3) is 0 Å². The Kier molecular flexibility index (Phi) is 9.64. The average molecular weight is 565 g/mol. The molecule has 0 bridgehead atoms. The minimum Gasteiger partial charge on any atom is -0.490 e. The van der Waals surface area contributed by atoms with Gasteiger partial charge in [0.05, 0.1) is 11.0 Å². The van der Waals surface area contributed by atoms with Crippen LogP contribution in [0.2, 0.25) is 10.0 Å². The highest BCUT2D eigenvalue weighted by molar-refractivity contribution is 7.89. The van der Waals surface area contributed by atoms with Gasteiger partial charge in [-0.25, -0.2) is 8.42 Å². The van der Waals surface area contributed by atoms with Gasteiger partial charge in [-0.15, -0.1) is 0 Å². The maximum absolute atomic E-state index is 13.6. The molecule has 0 aliphatic heterocycles. The number of aliphatic carboxylic acids is 1. The van der Waals surface area contributed by atoms with Crippen molar-refractivity contribution in [2.24, 2.45) is 5.92 Å². The van der Waals surface area contributed by atoms with Crippen molar-refractivity contribution in [3.63, 3.8) is 0 Å². The zero-order chi connectivity index (χ0) is 27.3. The normalized spacial score (nSPS) is 12.8. The predicted octanol–water partition coefficient (Wildman–Crippen LogP) is 6.79. The van der Waals surface area contributed by atoms with Crippen LogP contribution in [0.5, 0.6) is 5.75 Å². The second-order valence-electron chi connectivity index (χ2n) is 9.49. The summed E-state index contributed by atoms with van der Waals surface area (Å²) in [4.78, 5) is 12.3. The molecule has 0 fully saturated rings. The summed E-state index contributed by atoms with van der Waals surface area (Å²) in [5.41, 5.74) is 2.51. The van der Waals surface area contributed by atoms with E-state index in [4.69, 9.17) is 27.9 Å². The minimum absolute atomic E-state index is 0.0139. The van der Waals surface area contributed by atoms with Crippen LogP contribution < -0.4 is 4.74 Å². The Morgan fingerprint density at radius 1 is 0.946 bits per heavy atom. The number of para-hydroxylation sites is 1. The van der Waals surface area contributed by atoms with Crippen molar-refractivity contribution in [2.75, 3.05) is 6.54 Å². The van der Waals surface area contributed by atoms with Crippen molar-refractivity contribution in [1.29, 1.82) is 0 Å². The maximum Gasteiger partial charge on any atom is 0.322 e. The number of carboxylic acids is 1. The highest BCUT2D eigenvalue weighted by Crippen LogP contribution is 2.32. The van der Waals surface area contributed by atoms with Gasteiger partial charge in [0.1, 0.15) is 11.8 Å². The standard InChI is InChI=1S/C28H31Cl2NO5S/c1-18(2)17-31(37(34,35)24-15-22(29)14-23(30)16-24)26(28(32)33)13-20-9-11-21(12-10-20)25-7-5-6-8-27(25)36-19(3)4/h5-12,14-16,18-19,26H,13,17H2,1-4H3,(H,32,33). The van der Waals surface area contributed by atoms with E-state index in [1.54, 1.807) is 0 Å². The van der Waals surface area contributed by atoms with Gasteiger partial charge in [0.15, 0.2) is 0 Å². The fourth-order valence-electron chi connectivity index (χ4n) is 3.98. The van der Waals surface area contributed by atoms with Crippen molar-refractivity contribution >= 4 is 39.2 Å². The third-order valence-electron chi connectivity index (χ3n) is 5.56. The SMILES string of the molecule is CC(C)CN(C(Cc1ccc(-c2ccccc2OC(C)C)cc1)C(=O)O)S(=O)(=O)c1cc(Cl)cc(Cl)c1. The maximum atomic E-state index is 13.6. The number of hydrogen-bond donors (Lipinski definition) is 1. The molecule has 0 radical (unpaired) electrons. The molecule has 3 aromatic rings. The average Bonchev–Trinajstić information content (AvgIpc) is 2.81. The Morgan fingerprint density at radius 3 is 2.08 bits per heavy atom. The number of sulfonamides is 1. The van der Waals surface area contributed by atoms with Crippen molar-refractivity contribution in [3.8, 4) is 16.9 Å². The molecule has 1 atom stereocenters. The van der Waals surface area contributed by atoms with E-state index in [-0.39, 0.29) is 39.9 Å². The molecule has 0 aliphatic rings. The van der Waals surface area contributed by atoms with E-state index in [0.29, 0.717) is 5.56 Å².